The summed E-state index contributed by atoms with van der Waals surface area (Å²) in [7, 11) is -4.29. The lowest BCUT2D eigenvalue weighted by Gasteiger charge is -2.13. The van der Waals surface area contributed by atoms with Gasteiger partial charge in [-0.3, -0.25) is 4.55 Å². The molecule has 0 aliphatic carbocycles. The third-order valence-corrected chi connectivity index (χ3v) is 9.86. The molecule has 240 valence electrons. The van der Waals surface area contributed by atoms with Gasteiger partial charge in [-0.1, -0.05) is 179 Å². The summed E-state index contributed by atoms with van der Waals surface area (Å²) < 4.78 is 35.1. The van der Waals surface area contributed by atoms with Crippen molar-refractivity contribution in [1.29, 1.82) is 0 Å². The van der Waals surface area contributed by atoms with Gasteiger partial charge in [-0.25, -0.2) is 0 Å². The van der Waals surface area contributed by atoms with Crippen LogP contribution in [-0.4, -0.2) is 13.0 Å². The molecule has 3 nitrogen and oxygen atoms in total. The minimum atomic E-state index is -4.29. The van der Waals surface area contributed by atoms with Crippen LogP contribution in [0.3, 0.4) is 0 Å². The molecule has 0 atom stereocenters. The molecule has 2 rings (SSSR count). The van der Waals surface area contributed by atoms with Gasteiger partial charge in [0, 0.05) is 5.39 Å². The molecule has 0 saturated heterocycles. The van der Waals surface area contributed by atoms with Crippen LogP contribution >= 0.6 is 0 Å². The van der Waals surface area contributed by atoms with Crippen LogP contribution in [-0.2, 0) is 23.0 Å². The molecule has 2 aromatic carbocycles. The van der Waals surface area contributed by atoms with Crippen LogP contribution in [0.1, 0.15) is 179 Å². The molecule has 0 spiro atoms. The van der Waals surface area contributed by atoms with Gasteiger partial charge in [0.1, 0.15) is 4.90 Å². The van der Waals surface area contributed by atoms with Gasteiger partial charge in [-0.05, 0) is 48.3 Å². The molecule has 0 amide bonds. The highest BCUT2D eigenvalue weighted by Crippen LogP contribution is 2.30. The number of rotatable bonds is 27. The van der Waals surface area contributed by atoms with Crippen molar-refractivity contribution >= 4 is 20.9 Å². The van der Waals surface area contributed by atoms with E-state index in [4.69, 9.17) is 0 Å². The van der Waals surface area contributed by atoms with E-state index in [1.54, 1.807) is 6.07 Å². The zero-order valence-electron chi connectivity index (χ0n) is 27.4. The van der Waals surface area contributed by atoms with Crippen LogP contribution in [0.15, 0.2) is 35.2 Å². The van der Waals surface area contributed by atoms with Gasteiger partial charge >= 0.3 is 0 Å². The Bertz CT molecular complexity index is 1060. The summed E-state index contributed by atoms with van der Waals surface area (Å²) in [6.07, 6.45) is 33.1. The predicted octanol–water partition coefficient (Wildman–Crippen LogP) is 12.6. The van der Waals surface area contributed by atoms with E-state index in [0.29, 0.717) is 0 Å². The van der Waals surface area contributed by atoms with Crippen LogP contribution in [0.25, 0.3) is 10.8 Å². The number of fused-ring (bicyclic) bond motifs is 1. The fraction of sp³-hybridized carbons (Fsp3) is 0.737. The van der Waals surface area contributed by atoms with Crippen molar-refractivity contribution < 1.29 is 13.0 Å². The second-order valence-corrected chi connectivity index (χ2v) is 14.3. The van der Waals surface area contributed by atoms with Gasteiger partial charge < -0.3 is 0 Å². The van der Waals surface area contributed by atoms with Crippen molar-refractivity contribution in [2.75, 3.05) is 0 Å². The van der Waals surface area contributed by atoms with E-state index in [9.17, 15) is 13.0 Å². The van der Waals surface area contributed by atoms with Crippen molar-refractivity contribution in [3.8, 4) is 0 Å². The highest BCUT2D eigenvalue weighted by molar-refractivity contribution is 7.86. The van der Waals surface area contributed by atoms with E-state index in [2.05, 4.69) is 19.9 Å². The molecule has 0 radical (unpaired) electrons. The lowest BCUT2D eigenvalue weighted by atomic mass is 9.96. The fourth-order valence-corrected chi connectivity index (χ4v) is 7.21. The monoisotopic (exact) mass is 600 g/mol. The first kappa shape index (κ1) is 36.8. The minimum absolute atomic E-state index is 0.100. The maximum absolute atomic E-state index is 12.5. The Morgan fingerprint density at radius 2 is 0.929 bits per heavy atom. The highest BCUT2D eigenvalue weighted by atomic mass is 32.2. The first-order valence-corrected chi connectivity index (χ1v) is 19.4. The smallest absolute Gasteiger partial charge is 0.282 e. The largest absolute Gasteiger partial charge is 0.295 e. The minimum Gasteiger partial charge on any atom is -0.282 e. The zero-order valence-corrected chi connectivity index (χ0v) is 28.3. The van der Waals surface area contributed by atoms with Crippen molar-refractivity contribution in [1.82, 2.24) is 0 Å². The van der Waals surface area contributed by atoms with Gasteiger partial charge in [-0.2, -0.15) is 8.42 Å². The molecule has 0 saturated carbocycles. The fourth-order valence-electron chi connectivity index (χ4n) is 6.41. The summed E-state index contributed by atoms with van der Waals surface area (Å²) in [5.74, 6) is 0. The molecule has 2 aromatic rings. The first-order chi connectivity index (χ1) is 20.5. The van der Waals surface area contributed by atoms with Crippen LogP contribution in [0, 0.1) is 0 Å². The van der Waals surface area contributed by atoms with Gasteiger partial charge in [0.15, 0.2) is 0 Å². The quantitative estimate of drug-likeness (QED) is 0.0819. The van der Waals surface area contributed by atoms with Gasteiger partial charge in [0.05, 0.1) is 0 Å². The molecule has 0 aliphatic heterocycles. The standard InChI is InChI=1S/C38H64O3S/c1-3-5-7-9-11-13-15-17-19-21-23-25-28-34-32-36-31-27-30-35(38(36)37(33-34)42(39,40)41)29-26-24-22-20-18-16-14-12-10-8-6-4-2/h27,30-33H,3-26,28-29H2,1-2H3,(H,39,40,41). The van der Waals surface area contributed by atoms with E-state index in [-0.39, 0.29) is 4.90 Å². The van der Waals surface area contributed by atoms with E-state index in [0.717, 1.165) is 47.6 Å². The second kappa shape index (κ2) is 23.1. The summed E-state index contributed by atoms with van der Waals surface area (Å²) in [5, 5.41) is 1.66. The van der Waals surface area contributed by atoms with Crippen LogP contribution < -0.4 is 0 Å². The zero-order chi connectivity index (χ0) is 30.3. The average molecular weight is 601 g/mol. The Morgan fingerprint density at radius 3 is 1.36 bits per heavy atom. The predicted molar refractivity (Wildman–Crippen MR) is 183 cm³/mol. The number of unbranched alkanes of at least 4 members (excludes halogenated alkanes) is 22. The Balaban J connectivity index is 1.75. The molecular weight excluding hydrogens is 536 g/mol. The third-order valence-electron chi connectivity index (χ3n) is 8.98. The normalized spacial score (nSPS) is 12.0. The molecule has 0 fully saturated rings. The number of aryl methyl sites for hydroxylation is 2. The molecule has 42 heavy (non-hydrogen) atoms. The first-order valence-electron chi connectivity index (χ1n) is 18.0. The molecule has 0 aromatic heterocycles. The van der Waals surface area contributed by atoms with Gasteiger partial charge in [0.2, 0.25) is 0 Å². The van der Waals surface area contributed by atoms with Crippen molar-refractivity contribution in [3.63, 3.8) is 0 Å². The van der Waals surface area contributed by atoms with Crippen LogP contribution in [0.2, 0.25) is 0 Å². The summed E-state index contributed by atoms with van der Waals surface area (Å²) in [4.78, 5) is 0.100. The lowest BCUT2D eigenvalue weighted by Crippen LogP contribution is -2.03. The lowest BCUT2D eigenvalue weighted by molar-refractivity contribution is 0.484. The molecule has 4 heteroatoms. The molecule has 0 unspecified atom stereocenters. The SMILES string of the molecule is CCCCCCCCCCCCCCc1cc(S(=O)(=O)O)c2c(CCCCCCCCCCCCCC)cccc2c1. The third kappa shape index (κ3) is 15.9. The van der Waals surface area contributed by atoms with Crippen molar-refractivity contribution in [3.05, 3.63) is 41.5 Å². The Labute approximate surface area is 260 Å². The van der Waals surface area contributed by atoms with Gasteiger partial charge in [-0.15, -0.1) is 0 Å². The second-order valence-electron chi connectivity index (χ2n) is 12.9. The van der Waals surface area contributed by atoms with Crippen molar-refractivity contribution in [2.45, 2.75) is 186 Å². The molecule has 0 aliphatic rings. The Morgan fingerprint density at radius 1 is 0.524 bits per heavy atom. The molecule has 0 heterocycles. The molecular formula is C38H64O3S. The Kier molecular flexibility index (Phi) is 20.2. The maximum Gasteiger partial charge on any atom is 0.295 e. The molecule has 0 bridgehead atoms. The summed E-state index contributed by atoms with van der Waals surface area (Å²) in [6.45, 7) is 4.54. The van der Waals surface area contributed by atoms with Crippen LogP contribution in [0.4, 0.5) is 0 Å². The van der Waals surface area contributed by atoms with E-state index in [1.165, 1.54) is 141 Å². The highest BCUT2D eigenvalue weighted by Gasteiger charge is 2.18. The van der Waals surface area contributed by atoms with E-state index >= 15 is 0 Å². The number of hydrogen-bond donors (Lipinski definition) is 1. The topological polar surface area (TPSA) is 54.4 Å². The average Bonchev–Trinajstić information content (AvgIpc) is 2.97. The maximum atomic E-state index is 12.5. The number of benzene rings is 2. The molecule has 1 N–H and O–H groups in total. The summed E-state index contributed by atoms with van der Waals surface area (Å²) in [5.41, 5.74) is 2.06. The Hall–Kier alpha value is -1.39. The van der Waals surface area contributed by atoms with E-state index < -0.39 is 10.1 Å². The summed E-state index contributed by atoms with van der Waals surface area (Å²) in [6, 6.07) is 9.97. The van der Waals surface area contributed by atoms with Crippen molar-refractivity contribution in [2.24, 2.45) is 0 Å². The summed E-state index contributed by atoms with van der Waals surface area (Å²) >= 11 is 0. The van der Waals surface area contributed by atoms with Crippen LogP contribution in [0.5, 0.6) is 0 Å². The number of hydrogen-bond acceptors (Lipinski definition) is 2. The van der Waals surface area contributed by atoms with Gasteiger partial charge in [0.25, 0.3) is 10.1 Å². The van der Waals surface area contributed by atoms with E-state index in [1.807, 2.05) is 18.2 Å².